The number of carboxylic acids is 1. The minimum atomic E-state index is -0.957. The van der Waals surface area contributed by atoms with Crippen LogP contribution in [-0.4, -0.2) is 11.1 Å². The number of hydrogen-bond donors (Lipinski definition) is 2. The fourth-order valence-corrected chi connectivity index (χ4v) is 2.44. The van der Waals surface area contributed by atoms with Crippen LogP contribution in [0.3, 0.4) is 0 Å². The molecule has 2 aromatic rings. The number of nitrogens with one attached hydrogen (secondary N) is 1. The summed E-state index contributed by atoms with van der Waals surface area (Å²) in [6.45, 7) is 0.545. The van der Waals surface area contributed by atoms with E-state index in [0.717, 1.165) is 0 Å². The van der Waals surface area contributed by atoms with E-state index in [1.165, 1.54) is 24.7 Å². The van der Waals surface area contributed by atoms with Crippen LogP contribution in [0, 0.1) is 5.92 Å². The second-order valence-corrected chi connectivity index (χ2v) is 5.21. The van der Waals surface area contributed by atoms with Crippen molar-refractivity contribution in [2.75, 3.05) is 0 Å². The van der Waals surface area contributed by atoms with E-state index in [2.05, 4.69) is 17.4 Å². The molecule has 4 heteroatoms. The fraction of sp³-hybridized carbons (Fsp3) is 0.312. The molecule has 0 amide bonds. The van der Waals surface area contributed by atoms with Gasteiger partial charge in [-0.15, -0.1) is 0 Å². The molecule has 3 rings (SSSR count). The Morgan fingerprint density at radius 3 is 2.70 bits per heavy atom. The van der Waals surface area contributed by atoms with Crippen molar-refractivity contribution < 1.29 is 14.3 Å². The van der Waals surface area contributed by atoms with Gasteiger partial charge in [0.1, 0.15) is 12.0 Å². The summed E-state index contributed by atoms with van der Waals surface area (Å²) >= 11 is 0. The summed E-state index contributed by atoms with van der Waals surface area (Å²) in [5.41, 5.74) is 1.48. The second kappa shape index (κ2) is 5.51. The molecule has 1 unspecified atom stereocenters. The van der Waals surface area contributed by atoms with E-state index in [0.29, 0.717) is 24.3 Å². The lowest BCUT2D eigenvalue weighted by Gasteiger charge is -2.18. The quantitative estimate of drug-likeness (QED) is 0.846. The van der Waals surface area contributed by atoms with Crippen LogP contribution in [0.2, 0.25) is 0 Å². The molecular formula is C16H17NO3. The first-order valence-corrected chi connectivity index (χ1v) is 6.83. The van der Waals surface area contributed by atoms with Gasteiger partial charge in [0.05, 0.1) is 12.1 Å². The van der Waals surface area contributed by atoms with Crippen LogP contribution in [0.1, 0.15) is 40.6 Å². The smallest absolute Gasteiger partial charge is 0.338 e. The number of hydrogen-bond acceptors (Lipinski definition) is 3. The molecule has 0 saturated heterocycles. The van der Waals surface area contributed by atoms with Crippen molar-refractivity contribution in [3.05, 3.63) is 59.5 Å². The molecule has 0 bridgehead atoms. The summed E-state index contributed by atoms with van der Waals surface area (Å²) in [5.74, 6) is 0.372. The van der Waals surface area contributed by atoms with Crippen LogP contribution in [0.15, 0.2) is 47.1 Å². The molecule has 0 aliphatic heterocycles. The van der Waals surface area contributed by atoms with Gasteiger partial charge in [-0.05, 0) is 30.4 Å². The highest BCUT2D eigenvalue weighted by atomic mass is 16.4. The maximum Gasteiger partial charge on any atom is 0.338 e. The third kappa shape index (κ3) is 2.91. The van der Waals surface area contributed by atoms with Crippen molar-refractivity contribution in [3.63, 3.8) is 0 Å². The van der Waals surface area contributed by atoms with Crippen LogP contribution in [0.4, 0.5) is 0 Å². The average Bonchev–Trinajstić information content (AvgIpc) is 3.17. The zero-order chi connectivity index (χ0) is 13.9. The molecule has 20 heavy (non-hydrogen) atoms. The van der Waals surface area contributed by atoms with Crippen molar-refractivity contribution in [2.45, 2.75) is 25.4 Å². The highest BCUT2D eigenvalue weighted by Gasteiger charge is 2.31. The first kappa shape index (κ1) is 12.9. The summed E-state index contributed by atoms with van der Waals surface area (Å²) in [6.07, 6.45) is 3.77. The molecule has 1 atom stereocenters. The minimum absolute atomic E-state index is 0.199. The van der Waals surface area contributed by atoms with Gasteiger partial charge in [0.25, 0.3) is 0 Å². The van der Waals surface area contributed by atoms with Gasteiger partial charge < -0.3 is 14.8 Å². The van der Waals surface area contributed by atoms with Gasteiger partial charge in [-0.3, -0.25) is 0 Å². The van der Waals surface area contributed by atoms with Crippen LogP contribution < -0.4 is 5.32 Å². The van der Waals surface area contributed by atoms with E-state index in [9.17, 15) is 4.79 Å². The molecule has 0 radical (unpaired) electrons. The maximum absolute atomic E-state index is 10.8. The molecule has 1 heterocycles. The zero-order valence-electron chi connectivity index (χ0n) is 11.1. The van der Waals surface area contributed by atoms with E-state index in [4.69, 9.17) is 9.52 Å². The van der Waals surface area contributed by atoms with Gasteiger partial charge in [-0.25, -0.2) is 4.79 Å². The number of carbonyl (C=O) groups is 1. The van der Waals surface area contributed by atoms with E-state index in [1.807, 2.05) is 18.2 Å². The molecule has 104 valence electrons. The molecule has 4 nitrogen and oxygen atoms in total. The van der Waals surface area contributed by atoms with E-state index < -0.39 is 5.97 Å². The largest absolute Gasteiger partial charge is 0.478 e. The summed E-state index contributed by atoms with van der Waals surface area (Å²) in [6, 6.07) is 12.2. The van der Waals surface area contributed by atoms with Gasteiger partial charge in [0.15, 0.2) is 0 Å². The Bertz CT molecular complexity index is 587. The predicted octanol–water partition coefficient (Wildman–Crippen LogP) is 3.22. The third-order valence-electron chi connectivity index (χ3n) is 3.65. The number of benzene rings is 1. The topological polar surface area (TPSA) is 62.5 Å². The molecular weight excluding hydrogens is 254 g/mol. The number of rotatable bonds is 6. The van der Waals surface area contributed by atoms with Gasteiger partial charge in [0.2, 0.25) is 0 Å². The Hall–Kier alpha value is -2.07. The predicted molar refractivity (Wildman–Crippen MR) is 74.4 cm³/mol. The highest BCUT2D eigenvalue weighted by molar-refractivity contribution is 5.87. The van der Waals surface area contributed by atoms with Gasteiger partial charge in [-0.2, -0.15) is 0 Å². The van der Waals surface area contributed by atoms with Crippen molar-refractivity contribution in [2.24, 2.45) is 5.92 Å². The van der Waals surface area contributed by atoms with Gasteiger partial charge in [0, 0.05) is 6.04 Å². The molecule has 1 saturated carbocycles. The molecule has 1 aliphatic carbocycles. The van der Waals surface area contributed by atoms with E-state index in [1.54, 1.807) is 6.07 Å². The normalized spacial score (nSPS) is 16.0. The Morgan fingerprint density at radius 2 is 2.10 bits per heavy atom. The Balaban J connectivity index is 1.67. The Labute approximate surface area is 117 Å². The lowest BCUT2D eigenvalue weighted by atomic mass is 10.0. The summed E-state index contributed by atoms with van der Waals surface area (Å²) < 4.78 is 5.27. The average molecular weight is 271 g/mol. The van der Waals surface area contributed by atoms with Crippen molar-refractivity contribution >= 4 is 5.97 Å². The second-order valence-electron chi connectivity index (χ2n) is 5.21. The Morgan fingerprint density at radius 1 is 1.35 bits per heavy atom. The summed E-state index contributed by atoms with van der Waals surface area (Å²) in [4.78, 5) is 10.8. The monoisotopic (exact) mass is 271 g/mol. The van der Waals surface area contributed by atoms with Gasteiger partial charge in [-0.1, -0.05) is 30.3 Å². The maximum atomic E-state index is 10.8. The number of furan rings is 1. The zero-order valence-corrected chi connectivity index (χ0v) is 11.1. The van der Waals surface area contributed by atoms with Crippen molar-refractivity contribution in [1.82, 2.24) is 5.32 Å². The molecule has 1 aliphatic rings. The van der Waals surface area contributed by atoms with Crippen molar-refractivity contribution in [3.8, 4) is 0 Å². The van der Waals surface area contributed by atoms with Crippen LogP contribution in [-0.2, 0) is 6.54 Å². The first-order chi connectivity index (χ1) is 9.74. The fourth-order valence-electron chi connectivity index (χ4n) is 2.44. The molecule has 1 aromatic carbocycles. The lowest BCUT2D eigenvalue weighted by Crippen LogP contribution is -2.22. The molecule has 1 fully saturated rings. The Kier molecular flexibility index (Phi) is 3.56. The van der Waals surface area contributed by atoms with Gasteiger partial charge >= 0.3 is 5.97 Å². The molecule has 2 N–H and O–H groups in total. The lowest BCUT2D eigenvalue weighted by molar-refractivity contribution is 0.0696. The molecule has 1 aromatic heterocycles. The molecule has 0 spiro atoms. The van der Waals surface area contributed by atoms with E-state index in [-0.39, 0.29) is 5.56 Å². The standard InChI is InChI=1S/C16H17NO3/c18-16(19)13-8-14(20-10-13)9-17-15(12-6-7-12)11-4-2-1-3-5-11/h1-5,8,10,12,15,17H,6-7,9H2,(H,18,19). The third-order valence-corrected chi connectivity index (χ3v) is 3.65. The summed E-state index contributed by atoms with van der Waals surface area (Å²) in [7, 11) is 0. The summed E-state index contributed by atoms with van der Waals surface area (Å²) in [5, 5.41) is 12.4. The van der Waals surface area contributed by atoms with E-state index >= 15 is 0 Å². The van der Waals surface area contributed by atoms with Crippen molar-refractivity contribution in [1.29, 1.82) is 0 Å². The number of carboxylic acid groups (broad SMARTS) is 1. The minimum Gasteiger partial charge on any atom is -0.478 e. The number of aromatic carboxylic acids is 1. The van der Waals surface area contributed by atoms with Crippen LogP contribution >= 0.6 is 0 Å². The highest BCUT2D eigenvalue weighted by Crippen LogP contribution is 2.41. The SMILES string of the molecule is O=C(O)c1coc(CNC(c2ccccc2)C2CC2)c1. The van der Waals surface area contributed by atoms with Crippen LogP contribution in [0.25, 0.3) is 0 Å². The first-order valence-electron chi connectivity index (χ1n) is 6.83. The van der Waals surface area contributed by atoms with Crippen LogP contribution in [0.5, 0.6) is 0 Å².